The van der Waals surface area contributed by atoms with Crippen LogP contribution in [0, 0.1) is 0 Å². The highest BCUT2D eigenvalue weighted by Crippen LogP contribution is 2.54. The standard InChI is InChI=1S/C8H12ClI/c9-7-1-4-8(10,5-2-7)6-3-7/h1-6H2. The Morgan fingerprint density at radius 2 is 1.30 bits per heavy atom. The van der Waals surface area contributed by atoms with Crippen molar-refractivity contribution in [1.82, 2.24) is 0 Å². The molecule has 0 atom stereocenters. The Bertz CT molecular complexity index is 113. The molecule has 0 aromatic heterocycles. The van der Waals surface area contributed by atoms with Gasteiger partial charge >= 0.3 is 0 Å². The molecule has 0 radical (unpaired) electrons. The van der Waals surface area contributed by atoms with E-state index in [2.05, 4.69) is 22.6 Å². The second-order valence-electron chi connectivity index (χ2n) is 3.80. The van der Waals surface area contributed by atoms with E-state index in [4.69, 9.17) is 11.6 Å². The van der Waals surface area contributed by atoms with Crippen molar-refractivity contribution in [3.05, 3.63) is 0 Å². The Hall–Kier alpha value is 1.02. The zero-order valence-electron chi connectivity index (χ0n) is 6.00. The van der Waals surface area contributed by atoms with E-state index in [9.17, 15) is 0 Å². The highest BCUT2D eigenvalue weighted by Gasteiger charge is 2.45. The topological polar surface area (TPSA) is 0 Å². The van der Waals surface area contributed by atoms with Gasteiger partial charge in [-0.3, -0.25) is 0 Å². The fourth-order valence-electron chi connectivity index (χ4n) is 2.09. The summed E-state index contributed by atoms with van der Waals surface area (Å²) in [6.45, 7) is 0. The van der Waals surface area contributed by atoms with Gasteiger partial charge in [0.25, 0.3) is 0 Å². The summed E-state index contributed by atoms with van der Waals surface area (Å²) in [5.74, 6) is 0. The average molecular weight is 271 g/mol. The maximum Gasteiger partial charge on any atom is 0.0448 e. The SMILES string of the molecule is ClC12CCC(I)(CC1)CC2. The van der Waals surface area contributed by atoms with Crippen LogP contribution in [-0.4, -0.2) is 8.30 Å². The lowest BCUT2D eigenvalue weighted by atomic mass is 9.70. The van der Waals surface area contributed by atoms with Crippen LogP contribution in [0.1, 0.15) is 38.5 Å². The van der Waals surface area contributed by atoms with Crippen LogP contribution in [0.3, 0.4) is 0 Å². The second kappa shape index (κ2) is 2.25. The summed E-state index contributed by atoms with van der Waals surface area (Å²) < 4.78 is 0.647. The summed E-state index contributed by atoms with van der Waals surface area (Å²) in [5.41, 5.74) is 0. The number of rotatable bonds is 0. The molecule has 58 valence electrons. The molecule has 0 N–H and O–H groups in total. The predicted molar refractivity (Wildman–Crippen MR) is 53.0 cm³/mol. The largest absolute Gasteiger partial charge is 0.119 e. The van der Waals surface area contributed by atoms with Gasteiger partial charge in [-0.15, -0.1) is 11.6 Å². The van der Waals surface area contributed by atoms with Crippen LogP contribution in [0.25, 0.3) is 0 Å². The van der Waals surface area contributed by atoms with E-state index < -0.39 is 0 Å². The molecule has 0 heterocycles. The van der Waals surface area contributed by atoms with Crippen molar-refractivity contribution in [1.29, 1.82) is 0 Å². The molecule has 0 saturated heterocycles. The van der Waals surface area contributed by atoms with Crippen LogP contribution in [0.5, 0.6) is 0 Å². The zero-order valence-corrected chi connectivity index (χ0v) is 8.91. The Morgan fingerprint density at radius 3 is 1.60 bits per heavy atom. The van der Waals surface area contributed by atoms with Crippen LogP contribution in [0.4, 0.5) is 0 Å². The highest BCUT2D eigenvalue weighted by atomic mass is 127. The molecule has 2 heteroatoms. The minimum absolute atomic E-state index is 0.229. The summed E-state index contributed by atoms with van der Waals surface area (Å²) >= 11 is 9.00. The normalized spacial score (nSPS) is 53.4. The molecule has 0 amide bonds. The maximum atomic E-state index is 6.36. The smallest absolute Gasteiger partial charge is 0.0448 e. The fourth-order valence-corrected chi connectivity index (χ4v) is 3.19. The van der Waals surface area contributed by atoms with Crippen LogP contribution in [-0.2, 0) is 0 Å². The van der Waals surface area contributed by atoms with Gasteiger partial charge in [0, 0.05) is 8.30 Å². The molecule has 2 bridgehead atoms. The third-order valence-corrected chi connectivity index (χ3v) is 5.25. The van der Waals surface area contributed by atoms with Gasteiger partial charge in [0.1, 0.15) is 0 Å². The molecule has 0 spiro atoms. The van der Waals surface area contributed by atoms with Crippen molar-refractivity contribution in [2.75, 3.05) is 0 Å². The fraction of sp³-hybridized carbons (Fsp3) is 1.00. The molecular formula is C8H12ClI. The third kappa shape index (κ3) is 1.20. The van der Waals surface area contributed by atoms with E-state index >= 15 is 0 Å². The lowest BCUT2D eigenvalue weighted by Gasteiger charge is -2.47. The maximum absolute atomic E-state index is 6.36. The molecule has 10 heavy (non-hydrogen) atoms. The Kier molecular flexibility index (Phi) is 1.73. The Labute approximate surface area is 80.8 Å². The minimum atomic E-state index is 0.229. The van der Waals surface area contributed by atoms with Gasteiger partial charge in [0.05, 0.1) is 0 Å². The molecule has 3 rings (SSSR count). The van der Waals surface area contributed by atoms with E-state index in [-0.39, 0.29) is 4.87 Å². The number of halogens is 2. The third-order valence-electron chi connectivity index (χ3n) is 3.06. The van der Waals surface area contributed by atoms with Crippen LogP contribution in [0.2, 0.25) is 0 Å². The first-order valence-corrected chi connectivity index (χ1v) is 5.46. The van der Waals surface area contributed by atoms with E-state index in [0.29, 0.717) is 3.42 Å². The summed E-state index contributed by atoms with van der Waals surface area (Å²) in [6, 6.07) is 0. The summed E-state index contributed by atoms with van der Waals surface area (Å²) in [5, 5.41) is 0. The molecule has 0 aliphatic heterocycles. The van der Waals surface area contributed by atoms with Gasteiger partial charge in [0.15, 0.2) is 0 Å². The van der Waals surface area contributed by atoms with Gasteiger partial charge < -0.3 is 0 Å². The number of alkyl halides is 2. The average Bonchev–Trinajstić information content (AvgIpc) is 1.93. The van der Waals surface area contributed by atoms with Gasteiger partial charge in [-0.05, 0) is 38.5 Å². The van der Waals surface area contributed by atoms with Gasteiger partial charge in [-0.25, -0.2) is 0 Å². The quantitative estimate of drug-likeness (QED) is 0.467. The molecule has 3 aliphatic carbocycles. The number of hydrogen-bond acceptors (Lipinski definition) is 0. The zero-order chi connectivity index (χ0) is 7.24. The lowest BCUT2D eigenvalue weighted by Crippen LogP contribution is -2.43. The van der Waals surface area contributed by atoms with Crippen LogP contribution >= 0.6 is 34.2 Å². The highest BCUT2D eigenvalue weighted by molar-refractivity contribution is 14.1. The monoisotopic (exact) mass is 270 g/mol. The van der Waals surface area contributed by atoms with Crippen molar-refractivity contribution in [3.63, 3.8) is 0 Å². The van der Waals surface area contributed by atoms with E-state index in [1.807, 2.05) is 0 Å². The molecule has 0 aromatic rings. The second-order valence-corrected chi connectivity index (χ2v) is 6.89. The number of fused-ring (bicyclic) bond motifs is 3. The van der Waals surface area contributed by atoms with Crippen molar-refractivity contribution in [2.45, 2.75) is 46.8 Å². The number of hydrogen-bond donors (Lipinski definition) is 0. The van der Waals surface area contributed by atoms with E-state index in [0.717, 1.165) is 0 Å². The molecular weight excluding hydrogens is 258 g/mol. The lowest BCUT2D eigenvalue weighted by molar-refractivity contribution is 0.237. The first-order valence-electron chi connectivity index (χ1n) is 4.00. The van der Waals surface area contributed by atoms with Gasteiger partial charge in [0.2, 0.25) is 0 Å². The van der Waals surface area contributed by atoms with Gasteiger partial charge in [-0.1, -0.05) is 22.6 Å². The van der Waals surface area contributed by atoms with E-state index in [1.54, 1.807) is 0 Å². The van der Waals surface area contributed by atoms with Gasteiger partial charge in [-0.2, -0.15) is 0 Å². The first kappa shape index (κ1) is 7.66. The van der Waals surface area contributed by atoms with E-state index in [1.165, 1.54) is 38.5 Å². The summed E-state index contributed by atoms with van der Waals surface area (Å²) in [6.07, 6.45) is 7.86. The molecule has 3 fully saturated rings. The molecule has 0 aromatic carbocycles. The van der Waals surface area contributed by atoms with Crippen molar-refractivity contribution in [2.24, 2.45) is 0 Å². The minimum Gasteiger partial charge on any atom is -0.119 e. The van der Waals surface area contributed by atoms with Crippen molar-refractivity contribution >= 4 is 34.2 Å². The molecule has 3 aliphatic rings. The molecule has 0 nitrogen and oxygen atoms in total. The van der Waals surface area contributed by atoms with Crippen LogP contribution in [0.15, 0.2) is 0 Å². The summed E-state index contributed by atoms with van der Waals surface area (Å²) in [4.78, 5) is 0.229. The van der Waals surface area contributed by atoms with Crippen molar-refractivity contribution < 1.29 is 0 Å². The Morgan fingerprint density at radius 1 is 0.900 bits per heavy atom. The predicted octanol–water partition coefficient (Wildman–Crippen LogP) is 3.51. The molecule has 3 saturated carbocycles. The summed E-state index contributed by atoms with van der Waals surface area (Å²) in [7, 11) is 0. The van der Waals surface area contributed by atoms with Crippen LogP contribution < -0.4 is 0 Å². The molecule has 0 unspecified atom stereocenters. The van der Waals surface area contributed by atoms with Crippen molar-refractivity contribution in [3.8, 4) is 0 Å². The Balaban J connectivity index is 2.16. The first-order chi connectivity index (χ1) is 4.62.